The SMILES string of the molecule is CCCCCCOc1ccc(-c2ncc(C(=O)C[C@@H](CCN)C(=O)N(C)[C@@H]3C(=O)C[C@@H](C)C(=O)N[C@H](C(=O)CCC#N)Cc4ccc(OCCN)c(c4)-c4cc3ccc4OCCN)c(C)n2)cc1. The molecule has 0 spiro atoms. The number of aryl methyl sites for hydroxylation is 1. The van der Waals surface area contributed by atoms with Crippen molar-refractivity contribution in [2.45, 2.75) is 97.1 Å². The Hall–Kier alpha value is -6.54. The van der Waals surface area contributed by atoms with E-state index in [0.29, 0.717) is 51.9 Å². The third kappa shape index (κ3) is 14.0. The van der Waals surface area contributed by atoms with Crippen molar-refractivity contribution in [3.8, 4) is 45.8 Å². The summed E-state index contributed by atoms with van der Waals surface area (Å²) in [4.78, 5) is 81.3. The van der Waals surface area contributed by atoms with Crippen LogP contribution >= 0.6 is 0 Å². The molecule has 5 rings (SSSR count). The van der Waals surface area contributed by atoms with E-state index in [2.05, 4.69) is 22.2 Å². The van der Waals surface area contributed by atoms with Gasteiger partial charge in [0.1, 0.15) is 36.5 Å². The highest BCUT2D eigenvalue weighted by Crippen LogP contribution is 2.41. The van der Waals surface area contributed by atoms with Gasteiger partial charge < -0.3 is 41.6 Å². The van der Waals surface area contributed by atoms with E-state index in [4.69, 9.17) is 31.4 Å². The smallest absolute Gasteiger partial charge is 0.226 e. The summed E-state index contributed by atoms with van der Waals surface area (Å²) in [7, 11) is 1.50. The quantitative estimate of drug-likeness (QED) is 0.0492. The third-order valence-electron chi connectivity index (χ3n) is 12.0. The van der Waals surface area contributed by atoms with Crippen molar-refractivity contribution in [1.29, 1.82) is 5.26 Å². The van der Waals surface area contributed by atoms with Gasteiger partial charge in [0, 0.05) is 80.5 Å². The van der Waals surface area contributed by atoms with Crippen LogP contribution in [0.1, 0.15) is 105 Å². The van der Waals surface area contributed by atoms with E-state index in [1.165, 1.54) is 24.6 Å². The van der Waals surface area contributed by atoms with Crippen LogP contribution in [0, 0.1) is 30.1 Å². The number of unbranched alkanes of at least 4 members (excludes halogenated alkanes) is 3. The van der Waals surface area contributed by atoms with Crippen molar-refractivity contribution in [3.63, 3.8) is 0 Å². The molecule has 7 N–H and O–H groups in total. The lowest BCUT2D eigenvalue weighted by atomic mass is 9.88. The first-order valence-corrected chi connectivity index (χ1v) is 23.6. The lowest BCUT2D eigenvalue weighted by Gasteiger charge is -2.32. The first-order chi connectivity index (χ1) is 32.8. The molecule has 4 atom stereocenters. The number of ketones is 3. The highest BCUT2D eigenvalue weighted by atomic mass is 16.5. The molecule has 1 aromatic heterocycles. The summed E-state index contributed by atoms with van der Waals surface area (Å²) in [6, 6.07) is 17.7. The van der Waals surface area contributed by atoms with E-state index in [9.17, 15) is 29.2 Å². The van der Waals surface area contributed by atoms with E-state index in [-0.39, 0.29) is 88.5 Å². The molecule has 0 radical (unpaired) electrons. The number of rotatable bonds is 23. The van der Waals surface area contributed by atoms with Crippen LogP contribution in [0.5, 0.6) is 17.2 Å². The van der Waals surface area contributed by atoms with Crippen LogP contribution in [0.2, 0.25) is 0 Å². The van der Waals surface area contributed by atoms with Crippen LogP contribution in [0.3, 0.4) is 0 Å². The minimum atomic E-state index is -1.25. The zero-order valence-electron chi connectivity index (χ0n) is 39.8. The number of likely N-dealkylation sites (N-methyl/N-ethyl adjacent to an activating group) is 1. The molecule has 1 aliphatic rings. The van der Waals surface area contributed by atoms with Gasteiger partial charge in [-0.15, -0.1) is 0 Å². The number of carbonyl (C=O) groups excluding carboxylic acids is 5. The Bertz CT molecular complexity index is 2420. The van der Waals surface area contributed by atoms with Gasteiger partial charge in [-0.2, -0.15) is 5.26 Å². The lowest BCUT2D eigenvalue weighted by molar-refractivity contribution is -0.142. The van der Waals surface area contributed by atoms with Gasteiger partial charge >= 0.3 is 0 Å². The predicted octanol–water partition coefficient (Wildman–Crippen LogP) is 6.00. The number of ether oxygens (including phenoxy) is 3. The largest absolute Gasteiger partial charge is 0.494 e. The number of hydrogen-bond acceptors (Lipinski definition) is 14. The summed E-state index contributed by atoms with van der Waals surface area (Å²) >= 11 is 0. The van der Waals surface area contributed by atoms with Crippen molar-refractivity contribution in [1.82, 2.24) is 20.2 Å². The second kappa shape index (κ2) is 26.1. The predicted molar refractivity (Wildman–Crippen MR) is 259 cm³/mol. The number of hydrogen-bond donors (Lipinski definition) is 4. The number of benzene rings is 3. The van der Waals surface area contributed by atoms with Crippen LogP contribution in [0.25, 0.3) is 22.5 Å². The van der Waals surface area contributed by atoms with Crippen LogP contribution in [0.15, 0.2) is 66.9 Å². The number of amides is 2. The molecule has 2 heterocycles. The van der Waals surface area contributed by atoms with Gasteiger partial charge in [-0.25, -0.2) is 9.97 Å². The van der Waals surface area contributed by atoms with E-state index in [1.54, 1.807) is 44.2 Å². The molecular formula is C52H66N8O8. The average Bonchev–Trinajstić information content (AvgIpc) is 3.33. The Morgan fingerprint density at radius 2 is 1.57 bits per heavy atom. The van der Waals surface area contributed by atoms with Gasteiger partial charge in [0.25, 0.3) is 0 Å². The molecule has 0 unspecified atom stereocenters. The standard InChI is InChI=1S/C52H66N8O8/c1-5-6-7-8-24-66-39-15-12-36(13-16-39)50-57-32-42(34(3)58-50)45(62)31-38(19-21-54)52(65)60(4)49-37-14-18-48(68-26-23-56)41(30-37)40-28-35(11-17-47(40)67-25-22-55)29-43(44(61)10-9-20-53)59-51(64)33(2)27-46(49)63/h11-18,28,30,32-33,38,43,49H,5-10,19,21-27,29,31,54-56H2,1-4H3,(H,59,64)/t33-,38-,43+,49+/m1/s1. The number of nitrogens with zero attached hydrogens (tertiary/aromatic N) is 4. The second-order valence-electron chi connectivity index (χ2n) is 17.2. The molecular weight excluding hydrogens is 865 g/mol. The molecule has 362 valence electrons. The average molecular weight is 931 g/mol. The molecule has 4 bridgehead atoms. The van der Waals surface area contributed by atoms with E-state index < -0.39 is 41.5 Å². The minimum absolute atomic E-state index is 0.0334. The molecule has 68 heavy (non-hydrogen) atoms. The highest BCUT2D eigenvalue weighted by molar-refractivity contribution is 6.00. The molecule has 0 saturated carbocycles. The van der Waals surface area contributed by atoms with E-state index in [1.807, 2.05) is 36.4 Å². The van der Waals surface area contributed by atoms with Gasteiger partial charge in [0.2, 0.25) is 11.8 Å². The van der Waals surface area contributed by atoms with Gasteiger partial charge in [-0.3, -0.25) is 24.0 Å². The Labute approximate surface area is 399 Å². The Kier molecular flexibility index (Phi) is 20.1. The number of aromatic nitrogens is 2. The fourth-order valence-electron chi connectivity index (χ4n) is 8.27. The first-order valence-electron chi connectivity index (χ1n) is 23.6. The summed E-state index contributed by atoms with van der Waals surface area (Å²) in [6.07, 6.45) is 5.48. The van der Waals surface area contributed by atoms with Crippen LogP contribution in [-0.4, -0.2) is 96.6 Å². The van der Waals surface area contributed by atoms with Crippen molar-refractivity contribution < 1.29 is 38.2 Å². The van der Waals surface area contributed by atoms with Gasteiger partial charge in [-0.1, -0.05) is 45.2 Å². The maximum absolute atomic E-state index is 14.8. The number of nitriles is 1. The normalized spacial score (nSPS) is 16.4. The molecule has 0 fully saturated rings. The topological polar surface area (TPSA) is 256 Å². The molecule has 3 aromatic carbocycles. The minimum Gasteiger partial charge on any atom is -0.494 e. The van der Waals surface area contributed by atoms with E-state index >= 15 is 0 Å². The van der Waals surface area contributed by atoms with Crippen LogP contribution < -0.4 is 36.7 Å². The van der Waals surface area contributed by atoms with Crippen LogP contribution in [-0.2, 0) is 25.6 Å². The molecule has 16 heteroatoms. The summed E-state index contributed by atoms with van der Waals surface area (Å²) in [5.41, 5.74) is 21.4. The molecule has 2 amide bonds. The lowest BCUT2D eigenvalue weighted by Crippen LogP contribution is -2.46. The second-order valence-corrected chi connectivity index (χ2v) is 17.2. The summed E-state index contributed by atoms with van der Waals surface area (Å²) in [5, 5.41) is 12.1. The van der Waals surface area contributed by atoms with Gasteiger partial charge in [-0.05, 0) is 92.4 Å². The fourth-order valence-corrected chi connectivity index (χ4v) is 8.27. The summed E-state index contributed by atoms with van der Waals surface area (Å²) in [6.45, 7) is 6.94. The fraction of sp³-hybridized carbons (Fsp3) is 0.462. The molecule has 0 aliphatic carbocycles. The van der Waals surface area contributed by atoms with Crippen molar-refractivity contribution in [2.24, 2.45) is 29.0 Å². The Balaban J connectivity index is 1.49. The van der Waals surface area contributed by atoms with Gasteiger partial charge in [0.05, 0.1) is 30.0 Å². The van der Waals surface area contributed by atoms with Crippen molar-refractivity contribution >= 4 is 29.2 Å². The molecule has 4 aromatic rings. The maximum atomic E-state index is 14.8. The number of carbonyl (C=O) groups is 5. The van der Waals surface area contributed by atoms with Crippen molar-refractivity contribution in [2.75, 3.05) is 46.5 Å². The first kappa shape index (κ1) is 52.4. The summed E-state index contributed by atoms with van der Waals surface area (Å²) < 4.78 is 18.1. The van der Waals surface area contributed by atoms with Crippen LogP contribution in [0.4, 0.5) is 0 Å². The van der Waals surface area contributed by atoms with E-state index in [0.717, 1.165) is 30.6 Å². The third-order valence-corrected chi connectivity index (χ3v) is 12.0. The maximum Gasteiger partial charge on any atom is 0.226 e. The zero-order chi connectivity index (χ0) is 49.2. The molecule has 1 aliphatic heterocycles. The summed E-state index contributed by atoms with van der Waals surface area (Å²) in [5.74, 6) is -2.04. The Morgan fingerprint density at radius 1 is 0.882 bits per heavy atom. The van der Waals surface area contributed by atoms with Crippen molar-refractivity contribution in [3.05, 3.63) is 89.2 Å². The monoisotopic (exact) mass is 931 g/mol. The molecule has 16 nitrogen and oxygen atoms in total. The number of fused-ring (bicyclic) bond motifs is 5. The Morgan fingerprint density at radius 3 is 2.22 bits per heavy atom. The number of nitrogens with two attached hydrogens (primary N) is 3. The van der Waals surface area contributed by atoms with Gasteiger partial charge in [0.15, 0.2) is 23.2 Å². The number of Topliss-reactive ketones (excluding diaryl/α,β-unsaturated/α-hetero) is 3. The molecule has 0 saturated heterocycles. The number of nitrogens with one attached hydrogen (secondary N) is 1. The zero-order valence-corrected chi connectivity index (χ0v) is 39.8. The highest BCUT2D eigenvalue weighted by Gasteiger charge is 2.36.